The number of halogens is 3. The molecule has 2 aromatic rings. The number of carbonyl (C=O) groups excluding carboxylic acids is 2. The van der Waals surface area contributed by atoms with Crippen molar-refractivity contribution in [3.63, 3.8) is 0 Å². The number of nitrogens with one attached hydrogen (secondary N) is 3. The van der Waals surface area contributed by atoms with Gasteiger partial charge in [0.1, 0.15) is 12.2 Å². The first kappa shape index (κ1) is 26.1. The molecule has 5 rings (SSSR count). The molecule has 1 saturated heterocycles. The van der Waals surface area contributed by atoms with Crippen LogP contribution in [0.15, 0.2) is 29.4 Å². The van der Waals surface area contributed by atoms with E-state index in [4.69, 9.17) is 0 Å². The Bertz CT molecular complexity index is 1280. The molecule has 0 radical (unpaired) electrons. The molecule has 1 aliphatic carbocycles. The first-order valence-corrected chi connectivity index (χ1v) is 12.7. The van der Waals surface area contributed by atoms with Crippen molar-refractivity contribution in [1.82, 2.24) is 25.3 Å². The maximum Gasteiger partial charge on any atom is 0.573 e. The lowest BCUT2D eigenvalue weighted by Gasteiger charge is -2.37. The number of piperazine rings is 1. The Morgan fingerprint density at radius 2 is 1.89 bits per heavy atom. The van der Waals surface area contributed by atoms with Crippen LogP contribution in [0.1, 0.15) is 28.2 Å². The molecule has 0 spiro atoms. The van der Waals surface area contributed by atoms with Crippen LogP contribution >= 0.6 is 11.3 Å². The number of hydrogen-bond acceptors (Lipinski definition) is 10. The van der Waals surface area contributed by atoms with Gasteiger partial charge in [-0.05, 0) is 38.1 Å². The zero-order chi connectivity index (χ0) is 26.9. The maximum absolute atomic E-state index is 13.3. The first-order valence-electron chi connectivity index (χ1n) is 11.9. The van der Waals surface area contributed by atoms with E-state index in [1.165, 1.54) is 6.07 Å². The Morgan fingerprint density at radius 3 is 2.55 bits per heavy atom. The van der Waals surface area contributed by atoms with Gasteiger partial charge in [0, 0.05) is 49.7 Å². The molecule has 3 N–H and O–H groups in total. The molecule has 1 aromatic carbocycles. The molecule has 2 fully saturated rings. The summed E-state index contributed by atoms with van der Waals surface area (Å²) < 4.78 is 43.4. The minimum Gasteiger partial charge on any atom is -0.404 e. The van der Waals surface area contributed by atoms with E-state index in [9.17, 15) is 22.8 Å². The number of anilines is 2. The largest absolute Gasteiger partial charge is 0.573 e. The molecule has 11 nitrogen and oxygen atoms in total. The standard InChI is InChI=1S/C23H25F3N8O3S/c1-33-6-8-34(9-7-33)22(4-5-22)20(36)29-16-10-14(2-3-17(16)37-23(24,25)26)18(35)30-21-32-31-19(38-21)15-11-27-13-28-12-15/h2-3,10-12,27H,4-9,13H2,1H3,(H,29,36)(H,30,32,35). The molecular formula is C23H25F3N8O3S. The van der Waals surface area contributed by atoms with Gasteiger partial charge >= 0.3 is 6.36 Å². The van der Waals surface area contributed by atoms with Gasteiger partial charge in [-0.2, -0.15) is 0 Å². The molecule has 15 heteroatoms. The fraction of sp³-hybridized carbons (Fsp3) is 0.435. The van der Waals surface area contributed by atoms with Crippen molar-refractivity contribution in [2.75, 3.05) is 50.5 Å². The van der Waals surface area contributed by atoms with Crippen molar-refractivity contribution >= 4 is 45.8 Å². The number of benzene rings is 1. The fourth-order valence-electron chi connectivity index (χ4n) is 4.33. The second-order valence-electron chi connectivity index (χ2n) is 9.17. The smallest absolute Gasteiger partial charge is 0.404 e. The Kier molecular flexibility index (Phi) is 7.07. The van der Waals surface area contributed by atoms with Crippen LogP contribution in [0, 0.1) is 0 Å². The van der Waals surface area contributed by atoms with E-state index in [1.807, 2.05) is 7.05 Å². The van der Waals surface area contributed by atoms with E-state index in [1.54, 1.807) is 12.4 Å². The molecule has 1 saturated carbocycles. The van der Waals surface area contributed by atoms with E-state index in [0.29, 0.717) is 43.2 Å². The van der Waals surface area contributed by atoms with E-state index in [2.05, 4.69) is 45.7 Å². The zero-order valence-corrected chi connectivity index (χ0v) is 21.2. The van der Waals surface area contributed by atoms with Gasteiger partial charge in [-0.3, -0.25) is 24.8 Å². The maximum atomic E-state index is 13.3. The van der Waals surface area contributed by atoms with E-state index in [-0.39, 0.29) is 16.4 Å². The zero-order valence-electron chi connectivity index (χ0n) is 20.3. The van der Waals surface area contributed by atoms with Crippen molar-refractivity contribution in [2.24, 2.45) is 4.99 Å². The molecule has 202 valence electrons. The van der Waals surface area contributed by atoms with Gasteiger partial charge in [0.25, 0.3) is 5.91 Å². The minimum absolute atomic E-state index is 0.0103. The normalized spacial score (nSPS) is 19.3. The van der Waals surface area contributed by atoms with Gasteiger partial charge in [0.2, 0.25) is 11.0 Å². The Hall–Kier alpha value is -3.56. The molecule has 3 aliphatic rings. The Morgan fingerprint density at radius 1 is 1.13 bits per heavy atom. The van der Waals surface area contributed by atoms with Gasteiger partial charge < -0.3 is 20.3 Å². The number of rotatable bonds is 7. The number of carbonyl (C=O) groups is 2. The summed E-state index contributed by atoms with van der Waals surface area (Å²) in [6.45, 7) is 3.40. The van der Waals surface area contributed by atoms with Gasteiger partial charge in [-0.15, -0.1) is 23.4 Å². The first-order chi connectivity index (χ1) is 18.1. The number of allylic oxidation sites excluding steroid dienone is 1. The molecule has 2 amide bonds. The van der Waals surface area contributed by atoms with Crippen molar-refractivity contribution in [2.45, 2.75) is 24.7 Å². The fourth-order valence-corrected chi connectivity index (χ4v) is 5.05. The predicted molar refractivity (Wildman–Crippen MR) is 135 cm³/mol. The van der Waals surface area contributed by atoms with Gasteiger partial charge in [0.15, 0.2) is 10.8 Å². The lowest BCUT2D eigenvalue weighted by molar-refractivity contribution is -0.274. The van der Waals surface area contributed by atoms with Crippen LogP contribution in [0.4, 0.5) is 24.0 Å². The van der Waals surface area contributed by atoms with E-state index >= 15 is 0 Å². The number of aliphatic imine (C=N–C) groups is 1. The second-order valence-corrected chi connectivity index (χ2v) is 10.2. The number of alkyl halides is 3. The average molecular weight is 551 g/mol. The van der Waals surface area contributed by atoms with Crippen molar-refractivity contribution in [1.29, 1.82) is 0 Å². The summed E-state index contributed by atoms with van der Waals surface area (Å²) in [5, 5.41) is 16.8. The quantitative estimate of drug-likeness (QED) is 0.480. The number of amides is 2. The number of likely N-dealkylation sites (N-methyl/N-ethyl adjacent to an activating group) is 1. The summed E-state index contributed by atoms with van der Waals surface area (Å²) in [5.41, 5.74) is -0.310. The summed E-state index contributed by atoms with van der Waals surface area (Å²) in [6, 6.07) is 3.35. The minimum atomic E-state index is -4.98. The summed E-state index contributed by atoms with van der Waals surface area (Å²) in [4.78, 5) is 34.5. The summed E-state index contributed by atoms with van der Waals surface area (Å²) in [6.07, 6.45) is -0.413. The predicted octanol–water partition coefficient (Wildman–Crippen LogP) is 2.38. The van der Waals surface area contributed by atoms with Crippen LogP contribution in [0.2, 0.25) is 0 Å². The Balaban J connectivity index is 1.34. The third-order valence-corrected chi connectivity index (χ3v) is 7.42. The second kappa shape index (κ2) is 10.3. The third kappa shape index (κ3) is 5.79. The highest BCUT2D eigenvalue weighted by Gasteiger charge is 2.55. The molecule has 3 heterocycles. The van der Waals surface area contributed by atoms with Crippen LogP contribution in [0.5, 0.6) is 5.75 Å². The SMILES string of the molecule is CN1CCN(C2(C(=O)Nc3cc(C(=O)Nc4nnc(C5=CNCN=C5)s4)ccc3OC(F)(F)F)CC2)CC1. The highest BCUT2D eigenvalue weighted by atomic mass is 32.1. The highest BCUT2D eigenvalue weighted by Crippen LogP contribution is 2.44. The third-order valence-electron chi connectivity index (χ3n) is 6.53. The topological polar surface area (TPSA) is 124 Å². The molecule has 0 unspecified atom stereocenters. The van der Waals surface area contributed by atoms with Crippen LogP contribution in [0.25, 0.3) is 5.57 Å². The van der Waals surface area contributed by atoms with Crippen LogP contribution < -0.4 is 20.7 Å². The molecule has 0 atom stereocenters. The molecule has 2 aliphatic heterocycles. The summed E-state index contributed by atoms with van der Waals surface area (Å²) in [5.74, 6) is -1.66. The van der Waals surface area contributed by atoms with Crippen LogP contribution in [0.3, 0.4) is 0 Å². The van der Waals surface area contributed by atoms with Gasteiger partial charge in [-0.1, -0.05) is 11.3 Å². The van der Waals surface area contributed by atoms with E-state index in [0.717, 1.165) is 36.6 Å². The summed E-state index contributed by atoms with van der Waals surface area (Å²) >= 11 is 1.11. The number of hydrogen-bond donors (Lipinski definition) is 3. The van der Waals surface area contributed by atoms with Gasteiger partial charge in [0.05, 0.1) is 5.69 Å². The lowest BCUT2D eigenvalue weighted by atomic mass is 10.1. The highest BCUT2D eigenvalue weighted by molar-refractivity contribution is 7.16. The van der Waals surface area contributed by atoms with Crippen LogP contribution in [-0.2, 0) is 4.79 Å². The molecule has 38 heavy (non-hydrogen) atoms. The molecule has 0 bridgehead atoms. The van der Waals surface area contributed by atoms with Gasteiger partial charge in [-0.25, -0.2) is 0 Å². The number of nitrogens with zero attached hydrogens (tertiary/aromatic N) is 5. The van der Waals surface area contributed by atoms with Crippen molar-refractivity contribution in [3.05, 3.63) is 35.0 Å². The van der Waals surface area contributed by atoms with E-state index < -0.39 is 29.5 Å². The van der Waals surface area contributed by atoms with Crippen molar-refractivity contribution < 1.29 is 27.5 Å². The molecule has 1 aromatic heterocycles. The number of ether oxygens (including phenoxy) is 1. The lowest BCUT2D eigenvalue weighted by Crippen LogP contribution is -2.54. The molecular weight excluding hydrogens is 525 g/mol. The average Bonchev–Trinajstić information content (AvgIpc) is 3.57. The number of aromatic nitrogens is 2. The van der Waals surface area contributed by atoms with Crippen molar-refractivity contribution in [3.8, 4) is 5.75 Å². The Labute approximate surface area is 219 Å². The monoisotopic (exact) mass is 550 g/mol. The van der Waals surface area contributed by atoms with Crippen LogP contribution in [-0.4, -0.2) is 89.8 Å². The summed E-state index contributed by atoms with van der Waals surface area (Å²) in [7, 11) is 2.00.